The van der Waals surface area contributed by atoms with Crippen LogP contribution < -0.4 is 5.32 Å². The first-order valence-electron chi connectivity index (χ1n) is 5.65. The quantitative estimate of drug-likeness (QED) is 0.816. The second-order valence-corrected chi connectivity index (χ2v) is 4.12. The van der Waals surface area contributed by atoms with E-state index in [1.165, 1.54) is 0 Å². The topological polar surface area (TPSA) is 64.1 Å². The smallest absolute Gasteiger partial charge is 0.396 e. The number of hydrogen-bond donors (Lipinski definition) is 1. The lowest BCUT2D eigenvalue weighted by atomic mass is 10.0. The van der Waals surface area contributed by atoms with E-state index < -0.39 is 24.4 Å². The Morgan fingerprint density at radius 2 is 2.16 bits per heavy atom. The van der Waals surface area contributed by atoms with E-state index in [2.05, 4.69) is 20.0 Å². The van der Waals surface area contributed by atoms with Crippen LogP contribution in [0.1, 0.15) is 27.6 Å². The number of carbonyl (C=O) groups excluding carboxylic acids is 1. The van der Waals surface area contributed by atoms with Gasteiger partial charge in [-0.3, -0.25) is 0 Å². The molecule has 0 aliphatic carbocycles. The lowest BCUT2D eigenvalue weighted by Crippen LogP contribution is -2.29. The first kappa shape index (κ1) is 13.7. The van der Waals surface area contributed by atoms with Crippen molar-refractivity contribution in [2.24, 2.45) is 0 Å². The van der Waals surface area contributed by atoms with Crippen LogP contribution in [0, 0.1) is 0 Å². The number of alkyl halides is 3. The van der Waals surface area contributed by atoms with E-state index in [4.69, 9.17) is 0 Å². The number of rotatable bonds is 2. The van der Waals surface area contributed by atoms with Crippen LogP contribution in [0.3, 0.4) is 0 Å². The van der Waals surface area contributed by atoms with Crippen LogP contribution in [-0.4, -0.2) is 35.8 Å². The van der Waals surface area contributed by atoms with E-state index in [1.54, 1.807) is 0 Å². The van der Waals surface area contributed by atoms with Crippen LogP contribution in [0.5, 0.6) is 0 Å². The third-order valence-corrected chi connectivity index (χ3v) is 2.72. The maximum Gasteiger partial charge on any atom is 0.396 e. The molecule has 5 nitrogen and oxygen atoms in total. The monoisotopic (exact) mass is 275 g/mol. The van der Waals surface area contributed by atoms with E-state index in [1.807, 2.05) is 0 Å². The van der Waals surface area contributed by atoms with E-state index in [9.17, 15) is 18.0 Å². The van der Waals surface area contributed by atoms with Gasteiger partial charge in [-0.2, -0.15) is 13.2 Å². The number of fused-ring (bicyclic) bond motifs is 1. The first-order chi connectivity index (χ1) is 8.90. The summed E-state index contributed by atoms with van der Waals surface area (Å²) in [4.78, 5) is 19.2. The van der Waals surface area contributed by atoms with Crippen molar-refractivity contribution in [2.45, 2.75) is 25.6 Å². The summed E-state index contributed by atoms with van der Waals surface area (Å²) in [5.74, 6) is -1.14. The number of carbonyl (C=O) groups is 1. The van der Waals surface area contributed by atoms with Crippen molar-refractivity contribution in [2.75, 3.05) is 13.7 Å². The van der Waals surface area contributed by atoms with Crippen molar-refractivity contribution in [3.63, 3.8) is 0 Å². The summed E-state index contributed by atoms with van der Waals surface area (Å²) in [6.07, 6.45) is -5.20. The molecule has 1 aromatic heterocycles. The second-order valence-electron chi connectivity index (χ2n) is 4.12. The van der Waals surface area contributed by atoms with Gasteiger partial charge in [0.2, 0.25) is 0 Å². The number of aromatic nitrogens is 2. The fourth-order valence-corrected chi connectivity index (χ4v) is 1.92. The Kier molecular flexibility index (Phi) is 3.70. The Bertz CT molecular complexity index is 503. The molecule has 0 radical (unpaired) electrons. The summed E-state index contributed by atoms with van der Waals surface area (Å²) >= 11 is 0. The molecule has 8 heteroatoms. The zero-order valence-electron chi connectivity index (χ0n) is 10.2. The van der Waals surface area contributed by atoms with Crippen molar-refractivity contribution in [3.8, 4) is 0 Å². The predicted molar refractivity (Wildman–Crippen MR) is 58.5 cm³/mol. The normalized spacial score (nSPS) is 14.9. The molecule has 2 heterocycles. The van der Waals surface area contributed by atoms with Gasteiger partial charge in [0, 0.05) is 25.1 Å². The molecule has 0 amide bonds. The minimum atomic E-state index is -4.41. The predicted octanol–water partition coefficient (Wildman–Crippen LogP) is 1.01. The Hall–Kier alpha value is -1.70. The Morgan fingerprint density at radius 3 is 2.79 bits per heavy atom. The summed E-state index contributed by atoms with van der Waals surface area (Å²) in [6, 6.07) is 0. The molecule has 0 bridgehead atoms. The SMILES string of the molecule is COC(=O)c1nc(CC(F)(F)F)nc2c1CNCC2. The number of nitrogens with one attached hydrogen (secondary N) is 1. The van der Waals surface area contributed by atoms with Gasteiger partial charge in [-0.25, -0.2) is 14.8 Å². The van der Waals surface area contributed by atoms with Gasteiger partial charge in [0.25, 0.3) is 0 Å². The van der Waals surface area contributed by atoms with Crippen LogP contribution in [-0.2, 0) is 24.1 Å². The molecule has 2 rings (SSSR count). The van der Waals surface area contributed by atoms with E-state index in [0.29, 0.717) is 30.8 Å². The van der Waals surface area contributed by atoms with Crippen LogP contribution in [0.4, 0.5) is 13.2 Å². The summed E-state index contributed by atoms with van der Waals surface area (Å²) in [5, 5.41) is 3.02. The van der Waals surface area contributed by atoms with Crippen LogP contribution in [0.15, 0.2) is 0 Å². The Balaban J connectivity index is 2.45. The molecule has 19 heavy (non-hydrogen) atoms. The van der Waals surface area contributed by atoms with Crippen LogP contribution in [0.2, 0.25) is 0 Å². The minimum Gasteiger partial charge on any atom is -0.464 e. The van der Waals surface area contributed by atoms with Crippen molar-refractivity contribution < 1.29 is 22.7 Å². The molecule has 0 unspecified atom stereocenters. The number of halogens is 3. The average Bonchev–Trinajstić information content (AvgIpc) is 2.35. The fourth-order valence-electron chi connectivity index (χ4n) is 1.92. The second kappa shape index (κ2) is 5.12. The minimum absolute atomic E-state index is 0.0843. The summed E-state index contributed by atoms with van der Waals surface area (Å²) < 4.78 is 41.7. The molecule has 1 N–H and O–H groups in total. The van der Waals surface area contributed by atoms with Gasteiger partial charge in [0.05, 0.1) is 12.8 Å². The summed E-state index contributed by atoms with van der Waals surface area (Å²) in [5.41, 5.74) is 0.913. The molecular weight excluding hydrogens is 263 g/mol. The van der Waals surface area contributed by atoms with E-state index in [-0.39, 0.29) is 5.69 Å². The lowest BCUT2D eigenvalue weighted by Gasteiger charge is -2.19. The zero-order valence-corrected chi connectivity index (χ0v) is 10.2. The van der Waals surface area contributed by atoms with E-state index in [0.717, 1.165) is 7.11 Å². The molecule has 0 fully saturated rings. The third kappa shape index (κ3) is 3.19. The highest BCUT2D eigenvalue weighted by Crippen LogP contribution is 2.22. The average molecular weight is 275 g/mol. The maximum atomic E-state index is 12.4. The molecule has 0 aromatic carbocycles. The van der Waals surface area contributed by atoms with Gasteiger partial charge in [-0.15, -0.1) is 0 Å². The number of ether oxygens (including phenoxy) is 1. The van der Waals surface area contributed by atoms with Crippen LogP contribution >= 0.6 is 0 Å². The van der Waals surface area contributed by atoms with Crippen molar-refractivity contribution in [1.82, 2.24) is 15.3 Å². The molecule has 104 valence electrons. The van der Waals surface area contributed by atoms with Crippen molar-refractivity contribution in [1.29, 1.82) is 0 Å². The van der Waals surface area contributed by atoms with Gasteiger partial charge in [-0.1, -0.05) is 0 Å². The molecule has 1 aliphatic rings. The van der Waals surface area contributed by atoms with Gasteiger partial charge in [-0.05, 0) is 0 Å². The summed E-state index contributed by atoms with van der Waals surface area (Å²) in [6.45, 7) is 0.960. The standard InChI is InChI=1S/C11H12F3N3O2/c1-19-10(18)9-6-5-15-3-2-7(6)16-8(17-9)4-11(12,13)14/h15H,2-5H2,1H3. The highest BCUT2D eigenvalue weighted by molar-refractivity contribution is 5.89. The van der Waals surface area contributed by atoms with Crippen molar-refractivity contribution >= 4 is 5.97 Å². The van der Waals surface area contributed by atoms with Crippen LogP contribution in [0.25, 0.3) is 0 Å². The van der Waals surface area contributed by atoms with E-state index >= 15 is 0 Å². The molecule has 0 atom stereocenters. The molecular formula is C11H12F3N3O2. The Labute approximate surface area is 107 Å². The highest BCUT2D eigenvalue weighted by atomic mass is 19.4. The Morgan fingerprint density at radius 1 is 1.42 bits per heavy atom. The van der Waals surface area contributed by atoms with Crippen molar-refractivity contribution in [3.05, 3.63) is 22.8 Å². The zero-order chi connectivity index (χ0) is 14.0. The van der Waals surface area contributed by atoms with Gasteiger partial charge in [0.15, 0.2) is 5.69 Å². The molecule has 0 saturated heterocycles. The number of esters is 1. The summed E-state index contributed by atoms with van der Waals surface area (Å²) in [7, 11) is 1.16. The first-order valence-corrected chi connectivity index (χ1v) is 5.65. The number of methoxy groups -OCH3 is 1. The fraction of sp³-hybridized carbons (Fsp3) is 0.545. The molecule has 1 aromatic rings. The largest absolute Gasteiger partial charge is 0.464 e. The molecule has 0 saturated carbocycles. The molecule has 1 aliphatic heterocycles. The highest BCUT2D eigenvalue weighted by Gasteiger charge is 2.31. The third-order valence-electron chi connectivity index (χ3n) is 2.72. The maximum absolute atomic E-state index is 12.4. The van der Waals surface area contributed by atoms with Gasteiger partial charge in [0.1, 0.15) is 12.2 Å². The number of nitrogens with zero attached hydrogens (tertiary/aromatic N) is 2. The van der Waals surface area contributed by atoms with Gasteiger partial charge < -0.3 is 10.1 Å². The van der Waals surface area contributed by atoms with Gasteiger partial charge >= 0.3 is 12.1 Å². The lowest BCUT2D eigenvalue weighted by molar-refractivity contribution is -0.128. The molecule has 0 spiro atoms. The number of hydrogen-bond acceptors (Lipinski definition) is 5.